The third-order valence-electron chi connectivity index (χ3n) is 2.12. The maximum Gasteiger partial charge on any atom is 0.0851 e. The fraction of sp³-hybridized carbons (Fsp3) is 0.875. The van der Waals surface area contributed by atoms with Gasteiger partial charge in [0.05, 0.1) is 7.05 Å². The lowest BCUT2D eigenvalue weighted by Crippen LogP contribution is -2.19. The second-order valence-electron chi connectivity index (χ2n) is 2.88. The van der Waals surface area contributed by atoms with Crippen molar-refractivity contribution in [2.45, 2.75) is 32.1 Å². The first-order valence-corrected chi connectivity index (χ1v) is 3.83. The van der Waals surface area contributed by atoms with E-state index in [1.807, 2.05) is 0 Å². The molecular weight excluding hydrogens is 110 g/mol. The van der Waals surface area contributed by atoms with Crippen molar-refractivity contribution in [2.24, 2.45) is 5.92 Å². The van der Waals surface area contributed by atoms with E-state index in [0.29, 0.717) is 0 Å². The molecule has 0 aliphatic heterocycles. The summed E-state index contributed by atoms with van der Waals surface area (Å²) in [4.78, 5) is 0. The molecule has 1 aliphatic carbocycles. The van der Waals surface area contributed by atoms with Gasteiger partial charge in [-0.25, -0.2) is 0 Å². The molecule has 0 aromatic rings. The lowest BCUT2D eigenvalue weighted by Gasteiger charge is -2.20. The van der Waals surface area contributed by atoms with Gasteiger partial charge in [-0.05, 0) is 25.3 Å². The zero-order chi connectivity index (χ0) is 6.53. The minimum Gasteiger partial charge on any atom is -0.306 e. The third kappa shape index (κ3) is 2.35. The van der Waals surface area contributed by atoms with E-state index in [0.717, 1.165) is 12.5 Å². The summed E-state index contributed by atoms with van der Waals surface area (Å²) in [5, 5.41) is 2.49. The Morgan fingerprint density at radius 1 is 1.22 bits per heavy atom. The molecule has 1 fully saturated rings. The average Bonchev–Trinajstić information content (AvgIpc) is 1.91. The normalized spacial score (nSPS) is 22.3. The van der Waals surface area contributed by atoms with Crippen molar-refractivity contribution in [3.05, 3.63) is 7.05 Å². The molecule has 1 rings (SSSR count). The highest BCUT2D eigenvalue weighted by molar-refractivity contribution is 4.67. The third-order valence-corrected chi connectivity index (χ3v) is 2.12. The van der Waals surface area contributed by atoms with Gasteiger partial charge in [-0.2, -0.15) is 0 Å². The van der Waals surface area contributed by atoms with E-state index in [1.54, 1.807) is 0 Å². The Kier molecular flexibility index (Phi) is 3.05. The average molecular weight is 124 g/mol. The minimum atomic E-state index is 0.802. The van der Waals surface area contributed by atoms with Crippen molar-refractivity contribution >= 4 is 0 Å². The Bertz CT molecular complexity index is 62.2. The summed E-state index contributed by atoms with van der Waals surface area (Å²) in [7, 11) is 6.79. The molecule has 0 spiro atoms. The van der Waals surface area contributed by atoms with Gasteiger partial charge in [0, 0.05) is 0 Å². The van der Waals surface area contributed by atoms with E-state index in [1.165, 1.54) is 32.1 Å². The molecule has 0 bridgehead atoms. The van der Waals surface area contributed by atoms with Crippen LogP contribution in [0, 0.1) is 13.0 Å². The molecule has 9 heavy (non-hydrogen) atoms. The highest BCUT2D eigenvalue weighted by Gasteiger charge is 2.11. The van der Waals surface area contributed by atoms with Crippen LogP contribution in [-0.2, 0) is 0 Å². The Hall–Kier alpha value is -0.0400. The molecule has 1 saturated carbocycles. The molecule has 0 atom stereocenters. The first-order valence-electron chi connectivity index (χ1n) is 3.83. The van der Waals surface area contributed by atoms with Crippen LogP contribution in [-0.4, -0.2) is 6.54 Å². The molecule has 1 aliphatic rings. The van der Waals surface area contributed by atoms with Crippen molar-refractivity contribution in [3.63, 3.8) is 0 Å². The molecule has 0 unspecified atom stereocenters. The molecule has 1 nitrogen and oxygen atoms in total. The summed E-state index contributed by atoms with van der Waals surface area (Å²) in [6.07, 6.45) is 6.85. The van der Waals surface area contributed by atoms with Gasteiger partial charge < -0.3 is 5.32 Å². The first kappa shape index (κ1) is 7.07. The zero-order valence-electron chi connectivity index (χ0n) is 5.82. The summed E-state index contributed by atoms with van der Waals surface area (Å²) >= 11 is 0. The summed E-state index contributed by atoms with van der Waals surface area (Å²) < 4.78 is 0. The standard InChI is InChI=1S/C8H14N/c1-9-7-8-5-3-2-4-6-8/h8-9H,2-7H2. The molecule has 0 amide bonds. The highest BCUT2D eigenvalue weighted by atomic mass is 14.8. The van der Waals surface area contributed by atoms with Crippen LogP contribution in [0.5, 0.6) is 0 Å². The maximum absolute atomic E-state index is 6.79. The van der Waals surface area contributed by atoms with Gasteiger partial charge in [0.15, 0.2) is 0 Å². The van der Waals surface area contributed by atoms with Gasteiger partial charge in [-0.3, -0.25) is 0 Å². The summed E-state index contributed by atoms with van der Waals surface area (Å²) in [6.45, 7) is 0.903. The van der Waals surface area contributed by atoms with Crippen LogP contribution in [0.15, 0.2) is 0 Å². The lowest BCUT2D eigenvalue weighted by molar-refractivity contribution is 0.353. The van der Waals surface area contributed by atoms with Crippen LogP contribution < -0.4 is 5.32 Å². The number of hydrogen-bond donors (Lipinski definition) is 1. The van der Waals surface area contributed by atoms with Crippen LogP contribution >= 0.6 is 0 Å². The van der Waals surface area contributed by atoms with Crippen molar-refractivity contribution in [3.8, 4) is 0 Å². The van der Waals surface area contributed by atoms with Crippen LogP contribution in [0.25, 0.3) is 0 Å². The number of hydrogen-bond acceptors (Lipinski definition) is 1. The molecule has 3 radical (unpaired) electrons. The Morgan fingerprint density at radius 3 is 2.44 bits per heavy atom. The van der Waals surface area contributed by atoms with Crippen LogP contribution in [0.2, 0.25) is 0 Å². The smallest absolute Gasteiger partial charge is 0.0851 e. The van der Waals surface area contributed by atoms with E-state index >= 15 is 0 Å². The van der Waals surface area contributed by atoms with E-state index in [4.69, 9.17) is 7.05 Å². The Labute approximate surface area is 57.8 Å². The molecule has 0 aromatic heterocycles. The highest BCUT2D eigenvalue weighted by Crippen LogP contribution is 2.22. The van der Waals surface area contributed by atoms with Crippen LogP contribution in [0.4, 0.5) is 0 Å². The summed E-state index contributed by atoms with van der Waals surface area (Å²) in [6, 6.07) is 0. The van der Waals surface area contributed by atoms with Crippen molar-refractivity contribution < 1.29 is 0 Å². The fourth-order valence-electron chi connectivity index (χ4n) is 1.54. The largest absolute Gasteiger partial charge is 0.306 e. The van der Waals surface area contributed by atoms with Gasteiger partial charge in [0.2, 0.25) is 0 Å². The monoisotopic (exact) mass is 124 g/mol. The van der Waals surface area contributed by atoms with Gasteiger partial charge in [-0.1, -0.05) is 19.3 Å². The number of nitrogens with one attached hydrogen (secondary N) is 1. The molecule has 1 N–H and O–H groups in total. The maximum atomic E-state index is 6.79. The quantitative estimate of drug-likeness (QED) is 0.591. The minimum absolute atomic E-state index is 0.802. The van der Waals surface area contributed by atoms with E-state index < -0.39 is 0 Å². The van der Waals surface area contributed by atoms with Gasteiger partial charge in [-0.15, -0.1) is 0 Å². The van der Waals surface area contributed by atoms with E-state index in [2.05, 4.69) is 5.32 Å². The molecule has 51 valence electrons. The molecule has 0 aromatic carbocycles. The molecule has 1 heteroatoms. The first-order chi connectivity index (χ1) is 4.43. The summed E-state index contributed by atoms with van der Waals surface area (Å²) in [5.41, 5.74) is 0. The van der Waals surface area contributed by atoms with Crippen molar-refractivity contribution in [1.82, 2.24) is 5.32 Å². The summed E-state index contributed by atoms with van der Waals surface area (Å²) in [5.74, 6) is 0.802. The van der Waals surface area contributed by atoms with Gasteiger partial charge >= 0.3 is 0 Å². The fourth-order valence-corrected chi connectivity index (χ4v) is 1.54. The van der Waals surface area contributed by atoms with Crippen LogP contribution in [0.3, 0.4) is 0 Å². The SMILES string of the molecule is [C]NCC1CCCCC1. The van der Waals surface area contributed by atoms with Gasteiger partial charge in [0.1, 0.15) is 0 Å². The Balaban J connectivity index is 2.08. The second kappa shape index (κ2) is 3.89. The molecular formula is C8H14N. The zero-order valence-corrected chi connectivity index (χ0v) is 5.82. The predicted octanol–water partition coefficient (Wildman–Crippen LogP) is 1.70. The molecule has 0 saturated heterocycles. The van der Waals surface area contributed by atoms with Crippen molar-refractivity contribution in [2.75, 3.05) is 6.54 Å². The Morgan fingerprint density at radius 2 is 1.89 bits per heavy atom. The van der Waals surface area contributed by atoms with Crippen molar-refractivity contribution in [1.29, 1.82) is 0 Å². The topological polar surface area (TPSA) is 12.0 Å². The molecule has 0 heterocycles. The van der Waals surface area contributed by atoms with E-state index in [-0.39, 0.29) is 0 Å². The lowest BCUT2D eigenvalue weighted by atomic mass is 9.89. The van der Waals surface area contributed by atoms with Gasteiger partial charge in [0.25, 0.3) is 0 Å². The predicted molar refractivity (Wildman–Crippen MR) is 37.8 cm³/mol. The number of rotatable bonds is 2. The van der Waals surface area contributed by atoms with E-state index in [9.17, 15) is 0 Å². The van der Waals surface area contributed by atoms with Crippen LogP contribution in [0.1, 0.15) is 32.1 Å². The second-order valence-corrected chi connectivity index (χ2v) is 2.88.